The minimum atomic E-state index is -4.09. The standard InChI is InChI=1S/C15H21F2N3O3S/c1-3-18-15(21)11(2)19-6-8-20(9-7-19)24(22,23)14-10-12(16)4-5-13(14)17/h4-5,10-11H,3,6-9H2,1-2H3,(H,18,21)/p+1/t11-/m1/s1. The van der Waals surface area contributed by atoms with Gasteiger partial charge < -0.3 is 10.2 Å². The molecule has 1 amide bonds. The molecule has 1 fully saturated rings. The van der Waals surface area contributed by atoms with Crippen LogP contribution in [0.1, 0.15) is 13.8 Å². The predicted molar refractivity (Wildman–Crippen MR) is 84.0 cm³/mol. The highest BCUT2D eigenvalue weighted by atomic mass is 32.2. The van der Waals surface area contributed by atoms with E-state index in [-0.39, 0.29) is 25.0 Å². The summed E-state index contributed by atoms with van der Waals surface area (Å²) in [5.41, 5.74) is 0. The molecule has 2 rings (SSSR count). The van der Waals surface area contributed by atoms with E-state index in [1.807, 2.05) is 6.92 Å². The lowest BCUT2D eigenvalue weighted by Crippen LogP contribution is -3.19. The molecule has 0 aliphatic carbocycles. The van der Waals surface area contributed by atoms with Crippen molar-refractivity contribution in [1.29, 1.82) is 0 Å². The van der Waals surface area contributed by atoms with E-state index in [0.29, 0.717) is 25.7 Å². The minimum Gasteiger partial charge on any atom is -0.351 e. The first kappa shape index (κ1) is 18.8. The van der Waals surface area contributed by atoms with E-state index >= 15 is 0 Å². The second-order valence-electron chi connectivity index (χ2n) is 5.75. The van der Waals surface area contributed by atoms with Crippen LogP contribution in [0.5, 0.6) is 0 Å². The van der Waals surface area contributed by atoms with Gasteiger partial charge in [-0.25, -0.2) is 17.2 Å². The zero-order chi connectivity index (χ0) is 17.9. The Kier molecular flexibility index (Phi) is 5.89. The summed E-state index contributed by atoms with van der Waals surface area (Å²) in [5, 5.41) is 2.74. The highest BCUT2D eigenvalue weighted by molar-refractivity contribution is 7.89. The third-order valence-corrected chi connectivity index (χ3v) is 6.15. The molecule has 2 N–H and O–H groups in total. The number of halogens is 2. The second kappa shape index (κ2) is 7.54. The fourth-order valence-electron chi connectivity index (χ4n) is 2.77. The number of hydrogen-bond donors (Lipinski definition) is 2. The fourth-order valence-corrected chi connectivity index (χ4v) is 4.29. The third-order valence-electron chi connectivity index (χ3n) is 4.23. The number of sulfonamides is 1. The second-order valence-corrected chi connectivity index (χ2v) is 7.66. The molecular weight excluding hydrogens is 340 g/mol. The minimum absolute atomic E-state index is 0.0833. The van der Waals surface area contributed by atoms with Crippen molar-refractivity contribution in [3.05, 3.63) is 29.8 Å². The fraction of sp³-hybridized carbons (Fsp3) is 0.533. The van der Waals surface area contributed by atoms with Gasteiger partial charge >= 0.3 is 0 Å². The number of carbonyl (C=O) groups excluding carboxylic acids is 1. The largest absolute Gasteiger partial charge is 0.351 e. The van der Waals surface area contributed by atoms with Crippen molar-refractivity contribution < 1.29 is 26.9 Å². The number of likely N-dealkylation sites (N-methyl/N-ethyl adjacent to an activating group) is 1. The first-order chi connectivity index (χ1) is 11.3. The molecule has 0 saturated carbocycles. The third kappa shape index (κ3) is 3.90. The predicted octanol–water partition coefficient (Wildman–Crippen LogP) is -0.621. The number of nitrogens with zero attached hydrogens (tertiary/aromatic N) is 1. The van der Waals surface area contributed by atoms with E-state index in [1.54, 1.807) is 6.92 Å². The average molecular weight is 362 g/mol. The Balaban J connectivity index is 2.08. The molecule has 134 valence electrons. The Morgan fingerprint density at radius 3 is 2.54 bits per heavy atom. The summed E-state index contributed by atoms with van der Waals surface area (Å²) in [4.78, 5) is 12.2. The maximum atomic E-state index is 13.8. The highest BCUT2D eigenvalue weighted by Crippen LogP contribution is 2.20. The molecule has 24 heavy (non-hydrogen) atoms. The van der Waals surface area contributed by atoms with Gasteiger partial charge in [0.2, 0.25) is 10.0 Å². The number of hydrogen-bond acceptors (Lipinski definition) is 3. The number of piperazine rings is 1. The molecule has 0 aromatic heterocycles. The van der Waals surface area contributed by atoms with Crippen molar-refractivity contribution in [3.8, 4) is 0 Å². The molecule has 1 saturated heterocycles. The molecule has 1 atom stereocenters. The zero-order valence-corrected chi connectivity index (χ0v) is 14.5. The van der Waals surface area contributed by atoms with Gasteiger partial charge in [0.15, 0.2) is 6.04 Å². The summed E-state index contributed by atoms with van der Waals surface area (Å²) >= 11 is 0. The van der Waals surface area contributed by atoms with Crippen LogP contribution in [0.25, 0.3) is 0 Å². The van der Waals surface area contributed by atoms with Crippen LogP contribution >= 0.6 is 0 Å². The molecule has 6 nitrogen and oxygen atoms in total. The molecule has 1 aromatic carbocycles. The van der Waals surface area contributed by atoms with Gasteiger partial charge in [-0.15, -0.1) is 0 Å². The molecule has 1 aliphatic heterocycles. The van der Waals surface area contributed by atoms with Crippen molar-refractivity contribution >= 4 is 15.9 Å². The molecule has 1 aliphatic rings. The Morgan fingerprint density at radius 2 is 1.96 bits per heavy atom. The Labute approximate surface area is 140 Å². The van der Waals surface area contributed by atoms with E-state index in [1.165, 1.54) is 0 Å². The van der Waals surface area contributed by atoms with E-state index in [9.17, 15) is 22.0 Å². The monoisotopic (exact) mass is 362 g/mol. The highest BCUT2D eigenvalue weighted by Gasteiger charge is 2.35. The molecule has 1 aromatic rings. The summed E-state index contributed by atoms with van der Waals surface area (Å²) in [6.45, 7) is 5.31. The van der Waals surface area contributed by atoms with Gasteiger partial charge in [0.25, 0.3) is 5.91 Å². The van der Waals surface area contributed by atoms with Gasteiger partial charge in [-0.3, -0.25) is 4.79 Å². The van der Waals surface area contributed by atoms with Crippen molar-refractivity contribution in [2.45, 2.75) is 24.8 Å². The number of rotatable bonds is 5. The van der Waals surface area contributed by atoms with Crippen LogP contribution in [0.4, 0.5) is 8.78 Å². The molecule has 1 heterocycles. The topological polar surface area (TPSA) is 70.9 Å². The molecule has 0 spiro atoms. The van der Waals surface area contributed by atoms with Crippen LogP contribution in [0.3, 0.4) is 0 Å². The van der Waals surface area contributed by atoms with Crippen molar-refractivity contribution in [2.24, 2.45) is 0 Å². The summed E-state index contributed by atoms with van der Waals surface area (Å²) in [6, 6.07) is 2.09. The quantitative estimate of drug-likeness (QED) is 0.733. The van der Waals surface area contributed by atoms with Crippen LogP contribution in [-0.2, 0) is 14.8 Å². The van der Waals surface area contributed by atoms with Crippen LogP contribution in [0.15, 0.2) is 23.1 Å². The number of quaternary nitrogens is 1. The maximum absolute atomic E-state index is 13.8. The number of amides is 1. The van der Waals surface area contributed by atoms with E-state index in [4.69, 9.17) is 0 Å². The Bertz CT molecular complexity index is 704. The maximum Gasteiger partial charge on any atom is 0.278 e. The number of carbonyl (C=O) groups is 1. The van der Waals surface area contributed by atoms with Gasteiger partial charge in [-0.1, -0.05) is 0 Å². The molecule has 9 heteroatoms. The lowest BCUT2D eigenvalue weighted by molar-refractivity contribution is -0.917. The first-order valence-electron chi connectivity index (χ1n) is 7.85. The molecule has 0 bridgehead atoms. The SMILES string of the molecule is CCNC(=O)[C@@H](C)[NH+]1CCN(S(=O)(=O)c2cc(F)ccc2F)CC1. The van der Waals surface area contributed by atoms with E-state index < -0.39 is 26.6 Å². The van der Waals surface area contributed by atoms with E-state index in [0.717, 1.165) is 21.3 Å². The van der Waals surface area contributed by atoms with Crippen molar-refractivity contribution in [2.75, 3.05) is 32.7 Å². The lowest BCUT2D eigenvalue weighted by atomic mass is 10.2. The van der Waals surface area contributed by atoms with E-state index in [2.05, 4.69) is 5.32 Å². The lowest BCUT2D eigenvalue weighted by Gasteiger charge is -2.34. The first-order valence-corrected chi connectivity index (χ1v) is 9.29. The Hall–Kier alpha value is -1.58. The summed E-state index contributed by atoms with van der Waals surface area (Å²) in [6.07, 6.45) is 0. The van der Waals surface area contributed by atoms with Gasteiger partial charge in [-0.05, 0) is 32.0 Å². The smallest absolute Gasteiger partial charge is 0.278 e. The van der Waals surface area contributed by atoms with Gasteiger partial charge in [0.05, 0.1) is 26.2 Å². The van der Waals surface area contributed by atoms with Crippen molar-refractivity contribution in [1.82, 2.24) is 9.62 Å². The van der Waals surface area contributed by atoms with Gasteiger partial charge in [0.1, 0.15) is 16.5 Å². The molecule has 0 radical (unpaired) electrons. The van der Waals surface area contributed by atoms with Gasteiger partial charge in [0, 0.05) is 6.54 Å². The summed E-state index contributed by atoms with van der Waals surface area (Å²) < 4.78 is 53.2. The van der Waals surface area contributed by atoms with Crippen LogP contribution in [0, 0.1) is 11.6 Å². The van der Waals surface area contributed by atoms with Crippen LogP contribution in [-0.4, -0.2) is 57.4 Å². The number of nitrogens with one attached hydrogen (secondary N) is 2. The average Bonchev–Trinajstić information content (AvgIpc) is 2.56. The summed E-state index contributed by atoms with van der Waals surface area (Å²) in [5.74, 6) is -1.86. The molecule has 0 unspecified atom stereocenters. The van der Waals surface area contributed by atoms with Crippen molar-refractivity contribution in [3.63, 3.8) is 0 Å². The number of benzene rings is 1. The van der Waals surface area contributed by atoms with Crippen LogP contribution in [0.2, 0.25) is 0 Å². The molecular formula is C15H22F2N3O3S+. The van der Waals surface area contributed by atoms with Gasteiger partial charge in [-0.2, -0.15) is 4.31 Å². The van der Waals surface area contributed by atoms with Crippen LogP contribution < -0.4 is 10.2 Å². The normalized spacial score (nSPS) is 18.3. The Morgan fingerprint density at radius 1 is 1.33 bits per heavy atom. The zero-order valence-electron chi connectivity index (χ0n) is 13.7. The summed E-state index contributed by atoms with van der Waals surface area (Å²) in [7, 11) is -4.09.